The van der Waals surface area contributed by atoms with Gasteiger partial charge in [-0.15, -0.1) is 0 Å². The van der Waals surface area contributed by atoms with Gasteiger partial charge < -0.3 is 0 Å². The first kappa shape index (κ1) is 13.3. The van der Waals surface area contributed by atoms with Gasteiger partial charge in [-0.05, 0) is 70.9 Å². The van der Waals surface area contributed by atoms with Gasteiger partial charge in [-0.1, -0.05) is 60.7 Å². The molecule has 0 unspecified atom stereocenters. The molecule has 0 saturated heterocycles. The third-order valence-electron chi connectivity index (χ3n) is 4.96. The van der Waals surface area contributed by atoms with E-state index < -0.39 is 0 Å². The fourth-order valence-corrected chi connectivity index (χ4v) is 3.87. The Balaban J connectivity index is 2.06. The van der Waals surface area contributed by atoms with Crippen LogP contribution in [0.4, 0.5) is 0 Å². The maximum Gasteiger partial charge on any atom is -0.0111 e. The van der Waals surface area contributed by atoms with Crippen LogP contribution in [-0.2, 0) is 6.42 Å². The highest BCUT2D eigenvalue weighted by molar-refractivity contribution is 5.97. The molecule has 1 aliphatic carbocycles. The first-order chi connectivity index (χ1) is 10.8. The minimum Gasteiger partial charge on any atom is -0.0757 e. The van der Waals surface area contributed by atoms with E-state index in [1.165, 1.54) is 44.2 Å². The Morgan fingerprint density at radius 3 is 2.09 bits per heavy atom. The van der Waals surface area contributed by atoms with Gasteiger partial charge in [0.25, 0.3) is 0 Å². The molecule has 22 heavy (non-hydrogen) atoms. The quantitative estimate of drug-likeness (QED) is 0.527. The Morgan fingerprint density at radius 1 is 0.727 bits per heavy atom. The van der Waals surface area contributed by atoms with Gasteiger partial charge >= 0.3 is 0 Å². The van der Waals surface area contributed by atoms with Crippen LogP contribution < -0.4 is 0 Å². The highest BCUT2D eigenvalue weighted by Gasteiger charge is 2.20. The van der Waals surface area contributed by atoms with Crippen molar-refractivity contribution in [3.05, 3.63) is 88.5 Å². The Labute approximate surface area is 132 Å². The van der Waals surface area contributed by atoms with Crippen molar-refractivity contribution in [3.8, 4) is 0 Å². The minimum absolute atomic E-state index is 1.13. The van der Waals surface area contributed by atoms with Crippen LogP contribution in [0.5, 0.6) is 0 Å². The monoisotopic (exact) mass is 284 g/mol. The molecule has 0 radical (unpaired) electrons. The summed E-state index contributed by atoms with van der Waals surface area (Å²) in [5.41, 5.74) is 8.63. The zero-order valence-corrected chi connectivity index (χ0v) is 13.2. The number of hydrogen-bond acceptors (Lipinski definition) is 0. The second-order valence-corrected chi connectivity index (χ2v) is 6.17. The zero-order valence-electron chi connectivity index (χ0n) is 13.2. The first-order valence-electron chi connectivity index (χ1n) is 8.04. The number of hydrogen-bond donors (Lipinski definition) is 0. The normalized spacial score (nSPS) is 13.8. The van der Waals surface area contributed by atoms with Gasteiger partial charge in [-0.25, -0.2) is 0 Å². The summed E-state index contributed by atoms with van der Waals surface area (Å²) in [6.07, 6.45) is 4.71. The fourth-order valence-electron chi connectivity index (χ4n) is 3.87. The van der Waals surface area contributed by atoms with Crippen LogP contribution in [0, 0.1) is 13.8 Å². The van der Waals surface area contributed by atoms with E-state index in [0.29, 0.717) is 0 Å². The predicted molar refractivity (Wildman–Crippen MR) is 95.3 cm³/mol. The summed E-state index contributed by atoms with van der Waals surface area (Å²) < 4.78 is 0. The molecule has 0 fully saturated rings. The Bertz CT molecular complexity index is 883. The third kappa shape index (κ3) is 1.91. The van der Waals surface area contributed by atoms with Gasteiger partial charge in [-0.3, -0.25) is 0 Å². The Morgan fingerprint density at radius 2 is 1.36 bits per heavy atom. The average Bonchev–Trinajstić information content (AvgIpc) is 2.60. The number of fused-ring (bicyclic) bond motifs is 2. The van der Waals surface area contributed by atoms with E-state index in [-0.39, 0.29) is 0 Å². The van der Waals surface area contributed by atoms with E-state index in [2.05, 4.69) is 74.5 Å². The Kier molecular flexibility index (Phi) is 3.11. The van der Waals surface area contributed by atoms with Crippen LogP contribution >= 0.6 is 0 Å². The van der Waals surface area contributed by atoms with Crippen molar-refractivity contribution in [1.82, 2.24) is 0 Å². The van der Waals surface area contributed by atoms with Gasteiger partial charge in [0.05, 0.1) is 0 Å². The predicted octanol–water partition coefficient (Wildman–Crippen LogP) is 5.83. The lowest BCUT2D eigenvalue weighted by Gasteiger charge is -2.25. The summed E-state index contributed by atoms with van der Waals surface area (Å²) >= 11 is 0. The standard InChI is InChI=1S/C22H20/c1-15-18-11-6-7-12-19(18)16(2)22-20(15)13-8-14-21(22)17-9-4-3-5-10-17/h3-7,9-12,14H,8,13H2,1-2H3. The lowest BCUT2D eigenvalue weighted by atomic mass is 9.79. The molecule has 0 aliphatic heterocycles. The van der Waals surface area contributed by atoms with E-state index in [9.17, 15) is 0 Å². The topological polar surface area (TPSA) is 0 Å². The number of rotatable bonds is 1. The van der Waals surface area contributed by atoms with E-state index in [4.69, 9.17) is 0 Å². The largest absolute Gasteiger partial charge is 0.0757 e. The van der Waals surface area contributed by atoms with Crippen molar-refractivity contribution in [2.45, 2.75) is 26.7 Å². The molecular formula is C22H20. The number of allylic oxidation sites excluding steroid dienone is 1. The molecule has 0 nitrogen and oxygen atoms in total. The van der Waals surface area contributed by atoms with Crippen molar-refractivity contribution >= 4 is 16.3 Å². The molecule has 108 valence electrons. The van der Waals surface area contributed by atoms with E-state index in [0.717, 1.165) is 12.8 Å². The molecule has 0 spiro atoms. The second-order valence-electron chi connectivity index (χ2n) is 6.17. The van der Waals surface area contributed by atoms with E-state index in [1.54, 1.807) is 0 Å². The van der Waals surface area contributed by atoms with Gasteiger partial charge in [0, 0.05) is 0 Å². The number of aryl methyl sites for hydroxylation is 2. The highest BCUT2D eigenvalue weighted by atomic mass is 14.2. The molecule has 0 N–H and O–H groups in total. The summed E-state index contributed by atoms with van der Waals surface area (Å²) in [5, 5.41) is 2.80. The van der Waals surface area contributed by atoms with Crippen molar-refractivity contribution in [3.63, 3.8) is 0 Å². The highest BCUT2D eigenvalue weighted by Crippen LogP contribution is 2.39. The molecule has 0 aromatic heterocycles. The third-order valence-corrected chi connectivity index (χ3v) is 4.96. The Hall–Kier alpha value is -2.34. The molecule has 3 aromatic rings. The summed E-state index contributed by atoms with van der Waals surface area (Å²) in [4.78, 5) is 0. The molecule has 3 aromatic carbocycles. The molecule has 1 aliphatic rings. The smallest absolute Gasteiger partial charge is 0.0111 e. The molecule has 4 rings (SSSR count). The summed E-state index contributed by atoms with van der Waals surface area (Å²) in [6.45, 7) is 4.57. The van der Waals surface area contributed by atoms with Gasteiger partial charge in [0.2, 0.25) is 0 Å². The maximum atomic E-state index is 2.42. The first-order valence-corrected chi connectivity index (χ1v) is 8.04. The molecule has 0 bridgehead atoms. The van der Waals surface area contributed by atoms with Crippen LogP contribution in [0.1, 0.15) is 34.2 Å². The summed E-state index contributed by atoms with van der Waals surface area (Å²) in [7, 11) is 0. The van der Waals surface area contributed by atoms with Gasteiger partial charge in [-0.2, -0.15) is 0 Å². The van der Waals surface area contributed by atoms with E-state index >= 15 is 0 Å². The minimum atomic E-state index is 1.13. The van der Waals surface area contributed by atoms with Crippen molar-refractivity contribution < 1.29 is 0 Å². The van der Waals surface area contributed by atoms with Gasteiger partial charge in [0.1, 0.15) is 0 Å². The molecule has 0 heteroatoms. The fraction of sp³-hybridized carbons (Fsp3) is 0.182. The zero-order chi connectivity index (χ0) is 15.1. The van der Waals surface area contributed by atoms with Crippen LogP contribution in [-0.4, -0.2) is 0 Å². The lowest BCUT2D eigenvalue weighted by Crippen LogP contribution is -2.07. The molecule has 0 saturated carbocycles. The van der Waals surface area contributed by atoms with E-state index in [1.807, 2.05) is 0 Å². The van der Waals surface area contributed by atoms with Crippen LogP contribution in [0.3, 0.4) is 0 Å². The SMILES string of the molecule is Cc1c2c(c(C)c3ccccc13)C(c1ccccc1)=CCC2. The second kappa shape index (κ2) is 5.14. The van der Waals surface area contributed by atoms with Crippen molar-refractivity contribution in [2.24, 2.45) is 0 Å². The summed E-state index contributed by atoms with van der Waals surface area (Å²) in [5.74, 6) is 0. The lowest BCUT2D eigenvalue weighted by molar-refractivity contribution is 0.964. The van der Waals surface area contributed by atoms with Gasteiger partial charge in [0.15, 0.2) is 0 Å². The van der Waals surface area contributed by atoms with Crippen molar-refractivity contribution in [1.29, 1.82) is 0 Å². The van der Waals surface area contributed by atoms with Crippen LogP contribution in [0.25, 0.3) is 16.3 Å². The molecule has 0 heterocycles. The van der Waals surface area contributed by atoms with Crippen molar-refractivity contribution in [2.75, 3.05) is 0 Å². The maximum absolute atomic E-state index is 2.42. The molecule has 0 amide bonds. The number of benzene rings is 3. The average molecular weight is 284 g/mol. The van der Waals surface area contributed by atoms with Crippen LogP contribution in [0.2, 0.25) is 0 Å². The van der Waals surface area contributed by atoms with Crippen LogP contribution in [0.15, 0.2) is 60.7 Å². The summed E-state index contributed by atoms with van der Waals surface area (Å²) in [6, 6.07) is 19.6. The molecule has 0 atom stereocenters. The molecular weight excluding hydrogens is 264 g/mol.